The highest BCUT2D eigenvalue weighted by Crippen LogP contribution is 2.34. The Hall–Kier alpha value is -2.91. The Labute approximate surface area is 199 Å². The van der Waals surface area contributed by atoms with Gasteiger partial charge in [0.15, 0.2) is 0 Å². The molecule has 6 nitrogen and oxygen atoms in total. The van der Waals surface area contributed by atoms with Gasteiger partial charge in [0.2, 0.25) is 0 Å². The van der Waals surface area contributed by atoms with E-state index in [-0.39, 0.29) is 23.0 Å². The molecule has 3 heterocycles. The Morgan fingerprint density at radius 3 is 2.88 bits per heavy atom. The maximum absolute atomic E-state index is 13.5. The molecule has 0 radical (unpaired) electrons. The zero-order chi connectivity index (χ0) is 22.9. The highest BCUT2D eigenvalue weighted by atomic mass is 32.2. The standard InChI is InChI=1S/C24H22FN3O3S2/c1-14-27-21(22(33-14)15-5-7-16(25)8-6-15)24(30)28-10-12-32-20(28)13-26-23(29)18-3-2-4-19-17(18)9-11-31-19/h2-8,20H,9-13H2,1H3,(H,26,29). The number of benzene rings is 2. The minimum atomic E-state index is -0.324. The number of amides is 2. The number of aromatic nitrogens is 1. The Morgan fingerprint density at radius 1 is 1.24 bits per heavy atom. The van der Waals surface area contributed by atoms with Gasteiger partial charge in [0.05, 0.1) is 21.9 Å². The lowest BCUT2D eigenvalue weighted by Crippen LogP contribution is -2.42. The van der Waals surface area contributed by atoms with Gasteiger partial charge in [-0.25, -0.2) is 9.37 Å². The first-order valence-electron chi connectivity index (χ1n) is 10.7. The molecule has 0 saturated carbocycles. The number of rotatable bonds is 5. The molecule has 170 valence electrons. The zero-order valence-corrected chi connectivity index (χ0v) is 19.6. The molecule has 2 aromatic carbocycles. The van der Waals surface area contributed by atoms with Gasteiger partial charge < -0.3 is 15.0 Å². The van der Waals surface area contributed by atoms with Gasteiger partial charge in [-0.3, -0.25) is 9.59 Å². The summed E-state index contributed by atoms with van der Waals surface area (Å²) in [5.74, 6) is 0.901. The van der Waals surface area contributed by atoms with Crippen molar-refractivity contribution in [3.63, 3.8) is 0 Å². The van der Waals surface area contributed by atoms with Gasteiger partial charge in [0, 0.05) is 36.4 Å². The summed E-state index contributed by atoms with van der Waals surface area (Å²) in [5, 5.41) is 3.59. The molecule has 2 amide bonds. The van der Waals surface area contributed by atoms with E-state index in [9.17, 15) is 14.0 Å². The minimum Gasteiger partial charge on any atom is -0.493 e. The van der Waals surface area contributed by atoms with Crippen LogP contribution in [0.4, 0.5) is 4.39 Å². The number of thioether (sulfide) groups is 1. The van der Waals surface area contributed by atoms with E-state index in [1.165, 1.54) is 23.5 Å². The molecule has 1 saturated heterocycles. The second-order valence-electron chi connectivity index (χ2n) is 7.83. The molecule has 1 fully saturated rings. The zero-order valence-electron chi connectivity index (χ0n) is 18.0. The van der Waals surface area contributed by atoms with Gasteiger partial charge in [-0.05, 0) is 36.8 Å². The third-order valence-electron chi connectivity index (χ3n) is 5.72. The van der Waals surface area contributed by atoms with E-state index in [4.69, 9.17) is 4.74 Å². The van der Waals surface area contributed by atoms with Crippen LogP contribution in [0.25, 0.3) is 10.4 Å². The van der Waals surface area contributed by atoms with Crippen LogP contribution >= 0.6 is 23.1 Å². The van der Waals surface area contributed by atoms with Crippen LogP contribution in [0.3, 0.4) is 0 Å². The summed E-state index contributed by atoms with van der Waals surface area (Å²) in [6.45, 7) is 3.36. The number of fused-ring (bicyclic) bond motifs is 1. The molecule has 1 N–H and O–H groups in total. The molecule has 0 aliphatic carbocycles. The number of nitrogens with one attached hydrogen (secondary N) is 1. The predicted molar refractivity (Wildman–Crippen MR) is 128 cm³/mol. The quantitative estimate of drug-likeness (QED) is 0.591. The Kier molecular flexibility index (Phi) is 6.07. The Balaban J connectivity index is 1.31. The summed E-state index contributed by atoms with van der Waals surface area (Å²) in [6.07, 6.45) is 0.719. The van der Waals surface area contributed by atoms with Crippen molar-refractivity contribution in [2.24, 2.45) is 0 Å². The van der Waals surface area contributed by atoms with Gasteiger partial charge in [-0.1, -0.05) is 18.2 Å². The predicted octanol–water partition coefficient (Wildman–Crippen LogP) is 4.14. The van der Waals surface area contributed by atoms with E-state index in [0.717, 1.165) is 38.9 Å². The first kappa shape index (κ1) is 21.9. The normalized spacial score (nSPS) is 17.0. The first-order valence-corrected chi connectivity index (χ1v) is 12.6. The molecule has 5 rings (SSSR count). The second kappa shape index (κ2) is 9.15. The molecule has 0 bridgehead atoms. The van der Waals surface area contributed by atoms with Crippen LogP contribution in [0.15, 0.2) is 42.5 Å². The van der Waals surface area contributed by atoms with Gasteiger partial charge in [-0.15, -0.1) is 23.1 Å². The lowest BCUT2D eigenvalue weighted by molar-refractivity contribution is 0.0747. The average Bonchev–Trinajstić information content (AvgIpc) is 3.56. The summed E-state index contributed by atoms with van der Waals surface area (Å²) in [5.41, 5.74) is 2.70. The van der Waals surface area contributed by atoms with Crippen LogP contribution in [0.2, 0.25) is 0 Å². The van der Waals surface area contributed by atoms with Crippen LogP contribution < -0.4 is 10.1 Å². The minimum absolute atomic E-state index is 0.159. The number of nitrogens with zero attached hydrogens (tertiary/aromatic N) is 2. The number of carbonyl (C=O) groups excluding carboxylic acids is 2. The lowest BCUT2D eigenvalue weighted by Gasteiger charge is -2.24. The van der Waals surface area contributed by atoms with Crippen molar-refractivity contribution in [3.05, 3.63) is 70.1 Å². The maximum atomic E-state index is 13.5. The molecule has 9 heteroatoms. The molecule has 1 aromatic heterocycles. The van der Waals surface area contributed by atoms with E-state index >= 15 is 0 Å². The van der Waals surface area contributed by atoms with Crippen molar-refractivity contribution in [2.45, 2.75) is 18.7 Å². The summed E-state index contributed by atoms with van der Waals surface area (Å²) in [4.78, 5) is 33.3. The average molecular weight is 484 g/mol. The van der Waals surface area contributed by atoms with Crippen LogP contribution in [-0.2, 0) is 6.42 Å². The van der Waals surface area contributed by atoms with E-state index < -0.39 is 0 Å². The van der Waals surface area contributed by atoms with Crippen LogP contribution in [0.5, 0.6) is 5.75 Å². The Bertz CT molecular complexity index is 1210. The summed E-state index contributed by atoms with van der Waals surface area (Å²) < 4.78 is 18.9. The largest absolute Gasteiger partial charge is 0.493 e. The van der Waals surface area contributed by atoms with Gasteiger partial charge >= 0.3 is 0 Å². The third-order valence-corrected chi connectivity index (χ3v) is 7.96. The molecule has 0 spiro atoms. The highest BCUT2D eigenvalue weighted by Gasteiger charge is 2.33. The van der Waals surface area contributed by atoms with Crippen molar-refractivity contribution in [2.75, 3.05) is 25.4 Å². The smallest absolute Gasteiger partial charge is 0.274 e. The van der Waals surface area contributed by atoms with E-state index in [2.05, 4.69) is 10.3 Å². The van der Waals surface area contributed by atoms with Gasteiger partial charge in [-0.2, -0.15) is 0 Å². The number of thiazole rings is 1. The fraction of sp³-hybridized carbons (Fsp3) is 0.292. The number of ether oxygens (including phenoxy) is 1. The monoisotopic (exact) mass is 483 g/mol. The van der Waals surface area contributed by atoms with Crippen LogP contribution in [-0.4, -0.2) is 52.5 Å². The molecule has 33 heavy (non-hydrogen) atoms. The molecule has 3 aromatic rings. The first-order chi connectivity index (χ1) is 16.0. The number of hydrogen-bond acceptors (Lipinski definition) is 6. The van der Waals surface area contributed by atoms with Gasteiger partial charge in [0.25, 0.3) is 11.8 Å². The molecule has 2 aliphatic rings. The molecule has 1 unspecified atom stereocenters. The summed E-state index contributed by atoms with van der Waals surface area (Å²) >= 11 is 3.06. The van der Waals surface area contributed by atoms with Crippen LogP contribution in [0.1, 0.15) is 31.4 Å². The van der Waals surface area contributed by atoms with Crippen molar-refractivity contribution < 1.29 is 18.7 Å². The summed E-state index contributed by atoms with van der Waals surface area (Å²) in [6, 6.07) is 11.6. The molecule has 1 atom stereocenters. The second-order valence-corrected chi connectivity index (χ2v) is 10.3. The van der Waals surface area contributed by atoms with Crippen molar-refractivity contribution in [1.82, 2.24) is 15.2 Å². The van der Waals surface area contributed by atoms with Gasteiger partial charge in [0.1, 0.15) is 17.3 Å². The van der Waals surface area contributed by atoms with Crippen molar-refractivity contribution in [1.29, 1.82) is 0 Å². The fourth-order valence-electron chi connectivity index (χ4n) is 4.14. The Morgan fingerprint density at radius 2 is 2.06 bits per heavy atom. The number of halogens is 1. The topological polar surface area (TPSA) is 71.5 Å². The van der Waals surface area contributed by atoms with Crippen molar-refractivity contribution in [3.8, 4) is 16.2 Å². The third kappa shape index (κ3) is 4.35. The fourth-order valence-corrected chi connectivity index (χ4v) is 6.21. The van der Waals surface area contributed by atoms with E-state index in [1.54, 1.807) is 34.9 Å². The lowest BCUT2D eigenvalue weighted by atomic mass is 10.0. The van der Waals surface area contributed by atoms with Crippen LogP contribution in [0, 0.1) is 12.7 Å². The number of hydrogen-bond donors (Lipinski definition) is 1. The van der Waals surface area contributed by atoms with E-state index in [0.29, 0.717) is 31.0 Å². The highest BCUT2D eigenvalue weighted by molar-refractivity contribution is 8.00. The maximum Gasteiger partial charge on any atom is 0.274 e. The number of carbonyl (C=O) groups is 2. The SMILES string of the molecule is Cc1nc(C(=O)N2CCSC2CNC(=O)c2cccc3c2CCO3)c(-c2ccc(F)cc2)s1. The van der Waals surface area contributed by atoms with E-state index in [1.807, 2.05) is 19.1 Å². The molecular formula is C24H22FN3O3S2. The summed E-state index contributed by atoms with van der Waals surface area (Å²) in [7, 11) is 0. The molecular weight excluding hydrogens is 461 g/mol. The molecule has 2 aliphatic heterocycles. The van der Waals surface area contributed by atoms with Crippen molar-refractivity contribution >= 4 is 34.9 Å². The number of aryl methyl sites for hydroxylation is 1.